The maximum atomic E-state index is 12.9. The number of hydrogen-bond acceptors (Lipinski definition) is 3. The van der Waals surface area contributed by atoms with E-state index < -0.39 is 15.3 Å². The van der Waals surface area contributed by atoms with Crippen molar-refractivity contribution in [1.82, 2.24) is 4.31 Å². The van der Waals surface area contributed by atoms with Gasteiger partial charge < -0.3 is 0 Å². The molecule has 0 fully saturated rings. The molecule has 0 bridgehead atoms. The molecule has 0 aromatic heterocycles. The zero-order valence-electron chi connectivity index (χ0n) is 12.4. The van der Waals surface area contributed by atoms with Crippen molar-refractivity contribution in [3.8, 4) is 0 Å². The van der Waals surface area contributed by atoms with Gasteiger partial charge in [0.05, 0.1) is 11.4 Å². The van der Waals surface area contributed by atoms with Gasteiger partial charge >= 0.3 is 0 Å². The monoisotopic (exact) mass is 415 g/mol. The Morgan fingerprint density at radius 3 is 2.35 bits per heavy atom. The van der Waals surface area contributed by atoms with Crippen molar-refractivity contribution in [3.05, 3.63) is 64.1 Å². The SMILES string of the molecule is Cc1ccccc1S(=O)(=O)N(CC(=O)Cl)Cc1ccccc1Br. The lowest BCUT2D eigenvalue weighted by Gasteiger charge is -2.22. The lowest BCUT2D eigenvalue weighted by Crippen LogP contribution is -2.34. The van der Waals surface area contributed by atoms with E-state index in [1.165, 1.54) is 6.07 Å². The van der Waals surface area contributed by atoms with Gasteiger partial charge in [-0.2, -0.15) is 4.31 Å². The molecular formula is C16H15BrClNO3S. The fraction of sp³-hybridized carbons (Fsp3) is 0.188. The molecule has 0 N–H and O–H groups in total. The minimum absolute atomic E-state index is 0.0521. The third-order valence-electron chi connectivity index (χ3n) is 3.32. The first-order chi connectivity index (χ1) is 10.8. The molecule has 2 aromatic rings. The first-order valence-electron chi connectivity index (χ1n) is 6.80. The van der Waals surface area contributed by atoms with Gasteiger partial charge in [0, 0.05) is 11.0 Å². The largest absolute Gasteiger partial charge is 0.280 e. The van der Waals surface area contributed by atoms with Crippen molar-refractivity contribution >= 4 is 42.8 Å². The summed E-state index contributed by atoms with van der Waals surface area (Å²) in [5, 5.41) is -0.728. The number of carbonyl (C=O) groups excluding carboxylic acids is 1. The quantitative estimate of drug-likeness (QED) is 0.675. The Kier molecular flexibility index (Phi) is 5.97. The van der Waals surface area contributed by atoms with E-state index >= 15 is 0 Å². The number of nitrogens with zero attached hydrogens (tertiary/aromatic N) is 1. The van der Waals surface area contributed by atoms with Gasteiger partial charge in [-0.25, -0.2) is 8.42 Å². The Labute approximate surface area is 149 Å². The smallest absolute Gasteiger partial charge is 0.244 e. The highest BCUT2D eigenvalue weighted by Gasteiger charge is 2.28. The van der Waals surface area contributed by atoms with Gasteiger partial charge in [0.15, 0.2) is 0 Å². The van der Waals surface area contributed by atoms with Crippen LogP contribution in [0.4, 0.5) is 0 Å². The maximum absolute atomic E-state index is 12.9. The average Bonchev–Trinajstić information content (AvgIpc) is 2.48. The first-order valence-corrected chi connectivity index (χ1v) is 9.41. The van der Waals surface area contributed by atoms with Crippen LogP contribution >= 0.6 is 27.5 Å². The van der Waals surface area contributed by atoms with Gasteiger partial charge in [-0.05, 0) is 41.8 Å². The van der Waals surface area contributed by atoms with Crippen LogP contribution in [0.3, 0.4) is 0 Å². The minimum atomic E-state index is -3.83. The Balaban J connectivity index is 2.44. The lowest BCUT2D eigenvalue weighted by atomic mass is 10.2. The molecule has 0 spiro atoms. The van der Waals surface area contributed by atoms with E-state index in [0.717, 1.165) is 14.3 Å². The number of benzene rings is 2. The summed E-state index contributed by atoms with van der Waals surface area (Å²) in [4.78, 5) is 11.5. The minimum Gasteiger partial charge on any atom is -0.280 e. The summed E-state index contributed by atoms with van der Waals surface area (Å²) in [6.45, 7) is 1.38. The molecule has 4 nitrogen and oxygen atoms in total. The highest BCUT2D eigenvalue weighted by Crippen LogP contribution is 2.24. The van der Waals surface area contributed by atoms with Crippen LogP contribution in [0.15, 0.2) is 57.9 Å². The average molecular weight is 417 g/mol. The molecule has 122 valence electrons. The zero-order valence-corrected chi connectivity index (χ0v) is 15.5. The molecule has 0 aliphatic heterocycles. The van der Waals surface area contributed by atoms with Crippen LogP contribution in [0, 0.1) is 6.92 Å². The molecule has 0 heterocycles. The molecule has 0 aliphatic carbocycles. The van der Waals surface area contributed by atoms with Crippen LogP contribution in [0.2, 0.25) is 0 Å². The molecule has 0 radical (unpaired) electrons. The summed E-state index contributed by atoms with van der Waals surface area (Å²) in [5.74, 6) is 0. The predicted octanol–water partition coefficient (Wildman–Crippen LogP) is 3.71. The van der Waals surface area contributed by atoms with Crippen molar-refractivity contribution in [3.63, 3.8) is 0 Å². The number of carbonyl (C=O) groups is 1. The molecular weight excluding hydrogens is 402 g/mol. The van der Waals surface area contributed by atoms with Crippen molar-refractivity contribution in [2.75, 3.05) is 6.54 Å². The Bertz CT molecular complexity index is 824. The normalized spacial score (nSPS) is 11.7. The van der Waals surface area contributed by atoms with E-state index in [4.69, 9.17) is 11.6 Å². The van der Waals surface area contributed by atoms with Crippen LogP contribution in [-0.4, -0.2) is 24.5 Å². The topological polar surface area (TPSA) is 54.5 Å². The van der Waals surface area contributed by atoms with Gasteiger partial charge in [-0.3, -0.25) is 4.79 Å². The highest BCUT2D eigenvalue weighted by atomic mass is 79.9. The van der Waals surface area contributed by atoms with E-state index in [1.807, 2.05) is 12.1 Å². The predicted molar refractivity (Wildman–Crippen MR) is 93.8 cm³/mol. The van der Waals surface area contributed by atoms with Crippen LogP contribution in [-0.2, 0) is 21.4 Å². The van der Waals surface area contributed by atoms with Crippen LogP contribution in [0.25, 0.3) is 0 Å². The number of sulfonamides is 1. The lowest BCUT2D eigenvalue weighted by molar-refractivity contribution is -0.111. The number of aryl methyl sites for hydroxylation is 1. The van der Waals surface area contributed by atoms with Crippen LogP contribution in [0.5, 0.6) is 0 Å². The fourth-order valence-electron chi connectivity index (χ4n) is 2.17. The maximum Gasteiger partial charge on any atom is 0.244 e. The molecule has 7 heteroatoms. The number of hydrogen-bond donors (Lipinski definition) is 0. The summed E-state index contributed by atoms with van der Waals surface area (Å²) in [5.41, 5.74) is 1.37. The molecule has 23 heavy (non-hydrogen) atoms. The Hall–Kier alpha value is -1.21. The van der Waals surface area contributed by atoms with Gasteiger partial charge in [-0.15, -0.1) is 0 Å². The molecule has 0 unspecified atom stereocenters. The van der Waals surface area contributed by atoms with Crippen LogP contribution in [0.1, 0.15) is 11.1 Å². The van der Waals surface area contributed by atoms with Crippen LogP contribution < -0.4 is 0 Å². The molecule has 0 amide bonds. The fourth-order valence-corrected chi connectivity index (χ4v) is 4.39. The van der Waals surface area contributed by atoms with Crippen molar-refractivity contribution < 1.29 is 13.2 Å². The summed E-state index contributed by atoms with van der Waals surface area (Å²) < 4.78 is 27.7. The second-order valence-electron chi connectivity index (χ2n) is 4.99. The molecule has 0 aliphatic rings. The first kappa shape index (κ1) is 18.1. The summed E-state index contributed by atoms with van der Waals surface area (Å²) in [6, 6.07) is 13.9. The molecule has 0 atom stereocenters. The van der Waals surface area contributed by atoms with Gasteiger partial charge in [0.1, 0.15) is 0 Å². The second-order valence-corrected chi connectivity index (χ2v) is 8.17. The van der Waals surface area contributed by atoms with Gasteiger partial charge in [-0.1, -0.05) is 52.3 Å². The molecule has 2 aromatic carbocycles. The molecule has 0 saturated carbocycles. The Morgan fingerprint density at radius 1 is 1.13 bits per heavy atom. The number of halogens is 2. The van der Waals surface area contributed by atoms with Crippen molar-refractivity contribution in [1.29, 1.82) is 0 Å². The van der Waals surface area contributed by atoms with Gasteiger partial charge in [0.2, 0.25) is 15.3 Å². The van der Waals surface area contributed by atoms with Gasteiger partial charge in [0.25, 0.3) is 0 Å². The Morgan fingerprint density at radius 2 is 1.74 bits per heavy atom. The third kappa shape index (κ3) is 4.41. The van der Waals surface area contributed by atoms with E-state index in [-0.39, 0.29) is 18.0 Å². The standard InChI is InChI=1S/C16H15BrClNO3S/c1-12-6-2-5-9-15(12)23(21,22)19(11-16(18)20)10-13-7-3-4-8-14(13)17/h2-9H,10-11H2,1H3. The number of rotatable bonds is 6. The van der Waals surface area contributed by atoms with Crippen molar-refractivity contribution in [2.24, 2.45) is 0 Å². The van der Waals surface area contributed by atoms with E-state index in [0.29, 0.717) is 5.56 Å². The summed E-state index contributed by atoms with van der Waals surface area (Å²) in [6.07, 6.45) is 0. The van der Waals surface area contributed by atoms with E-state index in [2.05, 4.69) is 15.9 Å². The second kappa shape index (κ2) is 7.57. The zero-order chi connectivity index (χ0) is 17.0. The molecule has 2 rings (SSSR count). The highest BCUT2D eigenvalue weighted by molar-refractivity contribution is 9.10. The van der Waals surface area contributed by atoms with Crippen molar-refractivity contribution in [2.45, 2.75) is 18.4 Å². The molecule has 0 saturated heterocycles. The third-order valence-corrected chi connectivity index (χ3v) is 6.16. The summed E-state index contributed by atoms with van der Waals surface area (Å²) >= 11 is 8.84. The van der Waals surface area contributed by atoms with E-state index in [9.17, 15) is 13.2 Å². The van der Waals surface area contributed by atoms with E-state index in [1.54, 1.807) is 37.3 Å². The summed E-state index contributed by atoms with van der Waals surface area (Å²) in [7, 11) is -3.83.